The molecule has 3 aliphatic rings. The zero-order chi connectivity index (χ0) is 28.3. The molecule has 0 aromatic heterocycles. The molecule has 3 fully saturated rings. The lowest BCUT2D eigenvalue weighted by Crippen LogP contribution is -2.58. The smallest absolute Gasteiger partial charge is 0.248 e. The van der Waals surface area contributed by atoms with Crippen LogP contribution in [0.15, 0.2) is 55.6 Å². The van der Waals surface area contributed by atoms with Crippen LogP contribution in [0.3, 0.4) is 0 Å². The van der Waals surface area contributed by atoms with E-state index in [1.807, 2.05) is 44.2 Å². The molecule has 0 radical (unpaired) electrons. The Morgan fingerprint density at radius 1 is 1.18 bits per heavy atom. The van der Waals surface area contributed by atoms with E-state index in [4.69, 9.17) is 4.74 Å². The molecule has 0 aliphatic carbocycles. The highest BCUT2D eigenvalue weighted by molar-refractivity contribution is 9.09. The number of benzene rings is 1. The molecule has 9 heteroatoms. The van der Waals surface area contributed by atoms with Gasteiger partial charge in [-0.2, -0.15) is 0 Å². The van der Waals surface area contributed by atoms with Gasteiger partial charge in [0.05, 0.1) is 17.9 Å². The lowest BCUT2D eigenvalue weighted by molar-refractivity contribution is -0.149. The number of aliphatic hydroxyl groups is 1. The van der Waals surface area contributed by atoms with Crippen molar-refractivity contribution in [1.29, 1.82) is 0 Å². The lowest BCUT2D eigenvalue weighted by Gasteiger charge is -2.38. The number of unbranched alkanes of at least 4 members (excludes halogenated alkanes) is 1. The summed E-state index contributed by atoms with van der Waals surface area (Å²) in [5.41, 5.74) is -0.122. The number of hydrogen-bond donors (Lipinski definition) is 1. The van der Waals surface area contributed by atoms with Crippen molar-refractivity contribution in [2.75, 3.05) is 26.2 Å². The minimum absolute atomic E-state index is 0.00293. The minimum Gasteiger partial charge on any atom is -0.396 e. The maximum atomic E-state index is 14.2. The van der Waals surface area contributed by atoms with Crippen LogP contribution >= 0.6 is 15.9 Å². The number of amides is 3. The van der Waals surface area contributed by atoms with Crippen LogP contribution in [-0.2, 0) is 25.7 Å². The molecule has 3 amide bonds. The van der Waals surface area contributed by atoms with Gasteiger partial charge in [-0.25, -0.2) is 0 Å². The average molecular weight is 603 g/mol. The summed E-state index contributed by atoms with van der Waals surface area (Å²) < 4.78 is 6.65. The molecular weight excluding hydrogens is 562 g/mol. The molecule has 39 heavy (non-hydrogen) atoms. The number of aliphatic hydroxyl groups excluding tert-OH is 1. The van der Waals surface area contributed by atoms with Crippen molar-refractivity contribution in [3.8, 4) is 0 Å². The zero-order valence-corrected chi connectivity index (χ0v) is 24.5. The van der Waals surface area contributed by atoms with Gasteiger partial charge in [-0.15, -0.1) is 13.2 Å². The Morgan fingerprint density at radius 2 is 1.87 bits per heavy atom. The fraction of sp³-hybridized carbons (Fsp3) is 0.567. The van der Waals surface area contributed by atoms with E-state index in [9.17, 15) is 19.5 Å². The van der Waals surface area contributed by atoms with Crippen LogP contribution < -0.4 is 0 Å². The maximum Gasteiger partial charge on any atom is 0.248 e. The van der Waals surface area contributed by atoms with E-state index in [2.05, 4.69) is 29.1 Å². The van der Waals surface area contributed by atoms with Crippen LogP contribution in [0, 0.1) is 11.8 Å². The standard InChI is InChI=1S/C30H40BrN3O5/c1-5-14-32(19-21-12-8-7-9-13-21)27(36)23-24-28(37)34(16-10-11-17-35)26(29(38)33(15-6-2)20(3)4)30(24)18-22(31)25(23)39-30/h5-9,12-13,20,22-26,35H,1-2,10-11,14-19H2,3-4H3/t22?,23-,24+,25-,26?,30?/m1/s1. The Balaban J connectivity index is 1.73. The van der Waals surface area contributed by atoms with Crippen LogP contribution in [0.5, 0.6) is 0 Å². The molecule has 212 valence electrons. The van der Waals surface area contributed by atoms with Crippen LogP contribution in [0.1, 0.15) is 38.7 Å². The quantitative estimate of drug-likeness (QED) is 0.213. The number of ether oxygens (including phenoxy) is 1. The van der Waals surface area contributed by atoms with Crippen molar-refractivity contribution in [2.24, 2.45) is 11.8 Å². The largest absolute Gasteiger partial charge is 0.396 e. The third-order valence-electron chi connectivity index (χ3n) is 8.23. The number of carbonyl (C=O) groups excluding carboxylic acids is 3. The SMILES string of the molecule is C=CCN(Cc1ccccc1)C(=O)[C@H]1[C@@H]2OC3(CC2Br)C(C(=O)N(CC=C)C(C)C)N(CCCCO)C(=O)[C@H]13. The van der Waals surface area contributed by atoms with Gasteiger partial charge in [-0.3, -0.25) is 14.4 Å². The van der Waals surface area contributed by atoms with Crippen LogP contribution in [0.4, 0.5) is 0 Å². The summed E-state index contributed by atoms with van der Waals surface area (Å²) in [4.78, 5) is 47.5. The van der Waals surface area contributed by atoms with Crippen LogP contribution in [0.2, 0.25) is 0 Å². The minimum atomic E-state index is -1.10. The number of rotatable bonds is 13. The van der Waals surface area contributed by atoms with Crippen molar-refractivity contribution >= 4 is 33.7 Å². The molecule has 1 N–H and O–H groups in total. The Bertz CT molecular complexity index is 1080. The third kappa shape index (κ3) is 5.33. The molecular formula is C30H40BrN3O5. The van der Waals surface area contributed by atoms with Crippen molar-refractivity contribution in [2.45, 2.75) is 68.3 Å². The summed E-state index contributed by atoms with van der Waals surface area (Å²) in [6.45, 7) is 12.9. The lowest BCUT2D eigenvalue weighted by atomic mass is 9.70. The first-order valence-electron chi connectivity index (χ1n) is 13.8. The van der Waals surface area contributed by atoms with Crippen LogP contribution in [-0.4, -0.2) is 92.4 Å². The second-order valence-electron chi connectivity index (χ2n) is 11.0. The zero-order valence-electron chi connectivity index (χ0n) is 22.9. The summed E-state index contributed by atoms with van der Waals surface area (Å²) in [6, 6.07) is 8.77. The maximum absolute atomic E-state index is 14.2. The highest BCUT2D eigenvalue weighted by atomic mass is 79.9. The van der Waals surface area contributed by atoms with E-state index in [0.29, 0.717) is 45.4 Å². The Kier molecular flexibility index (Phi) is 9.34. The molecule has 1 aromatic carbocycles. The van der Waals surface area contributed by atoms with Gasteiger partial charge in [0.1, 0.15) is 11.6 Å². The van der Waals surface area contributed by atoms with Crippen molar-refractivity contribution in [1.82, 2.24) is 14.7 Å². The molecule has 1 aromatic rings. The fourth-order valence-electron chi connectivity index (χ4n) is 6.58. The number of halogens is 1. The third-order valence-corrected chi connectivity index (χ3v) is 9.07. The van der Waals surface area contributed by atoms with Crippen molar-refractivity contribution < 1.29 is 24.2 Å². The number of hydrogen-bond acceptors (Lipinski definition) is 5. The van der Waals surface area contributed by atoms with Crippen molar-refractivity contribution in [3.05, 3.63) is 61.2 Å². The first-order chi connectivity index (χ1) is 18.7. The predicted octanol–water partition coefficient (Wildman–Crippen LogP) is 3.14. The van der Waals surface area contributed by atoms with Gasteiger partial charge in [0.25, 0.3) is 0 Å². The molecule has 6 atom stereocenters. The van der Waals surface area contributed by atoms with E-state index < -0.39 is 29.6 Å². The van der Waals surface area contributed by atoms with Gasteiger partial charge in [0, 0.05) is 43.7 Å². The molecule has 0 saturated carbocycles. The molecule has 1 spiro atoms. The summed E-state index contributed by atoms with van der Waals surface area (Å²) in [6.07, 6.45) is 4.38. The molecule has 8 nitrogen and oxygen atoms in total. The van der Waals surface area contributed by atoms with E-state index in [-0.39, 0.29) is 35.2 Å². The van der Waals surface area contributed by atoms with E-state index in [0.717, 1.165) is 5.56 Å². The molecule has 4 rings (SSSR count). The monoisotopic (exact) mass is 601 g/mol. The highest BCUT2D eigenvalue weighted by Crippen LogP contribution is 2.60. The topological polar surface area (TPSA) is 90.4 Å². The highest BCUT2D eigenvalue weighted by Gasteiger charge is 2.76. The predicted molar refractivity (Wildman–Crippen MR) is 153 cm³/mol. The number of carbonyl (C=O) groups is 3. The number of likely N-dealkylation sites (tertiary alicyclic amines) is 1. The molecule has 2 bridgehead atoms. The Hall–Kier alpha value is -2.49. The van der Waals surface area contributed by atoms with E-state index in [1.54, 1.807) is 26.9 Å². The van der Waals surface area contributed by atoms with Gasteiger partial charge in [0.2, 0.25) is 17.7 Å². The molecule has 3 saturated heterocycles. The summed E-state index contributed by atoms with van der Waals surface area (Å²) in [5, 5.41) is 9.38. The first-order valence-corrected chi connectivity index (χ1v) is 14.7. The summed E-state index contributed by atoms with van der Waals surface area (Å²) in [7, 11) is 0. The van der Waals surface area contributed by atoms with Gasteiger partial charge >= 0.3 is 0 Å². The van der Waals surface area contributed by atoms with E-state index >= 15 is 0 Å². The molecule has 3 heterocycles. The van der Waals surface area contributed by atoms with Gasteiger partial charge < -0.3 is 24.5 Å². The first kappa shape index (κ1) is 29.5. The summed E-state index contributed by atoms with van der Waals surface area (Å²) >= 11 is 3.75. The summed E-state index contributed by atoms with van der Waals surface area (Å²) in [5.74, 6) is -2.04. The molecule has 3 unspecified atom stereocenters. The number of nitrogens with zero attached hydrogens (tertiary/aromatic N) is 3. The van der Waals surface area contributed by atoms with Gasteiger partial charge in [0.15, 0.2) is 0 Å². The average Bonchev–Trinajstić information content (AvgIpc) is 3.50. The van der Waals surface area contributed by atoms with Gasteiger partial charge in [-0.05, 0) is 38.7 Å². The number of alkyl halides is 1. The van der Waals surface area contributed by atoms with Gasteiger partial charge in [-0.1, -0.05) is 58.4 Å². The number of fused-ring (bicyclic) bond motifs is 1. The van der Waals surface area contributed by atoms with E-state index in [1.165, 1.54) is 0 Å². The Labute approximate surface area is 239 Å². The van der Waals surface area contributed by atoms with Crippen molar-refractivity contribution in [3.63, 3.8) is 0 Å². The Morgan fingerprint density at radius 3 is 2.49 bits per heavy atom. The van der Waals surface area contributed by atoms with Crippen LogP contribution in [0.25, 0.3) is 0 Å². The molecule has 3 aliphatic heterocycles. The second-order valence-corrected chi connectivity index (χ2v) is 12.2. The fourth-order valence-corrected chi connectivity index (χ4v) is 7.52. The normalized spacial score (nSPS) is 29.0. The second kappa shape index (κ2) is 12.4.